The number of rotatable bonds is 14. The first-order chi connectivity index (χ1) is 51.4. The molecule has 31 unspecified atom stereocenters. The molecule has 40 heteroatoms. The molecule has 0 N–H and O–H groups in total. The standard InChI is InChI=1S/C11H18P4.2C10H17NP4.2C9H14N2OP4.2C9H16N2P4/c1-8-5-6-9-3-2-4-11(10(9)7-8)15(13)14-12;1-7-2-3-8-5-11-6-10(9(8)4-7)15(13)14-12;1-7-2-3-8-4-5-11-10(9(8)6-7)15(13)14-12;1-11-5-7-6(2-9(11)12)3-10-4-8(7)16(14)15-13;1-11-5-7-6(4-8(11)12)2-3-10-9(7)16(14)15-13;1-11-5-3-7-2-4-10-9(8(7)6-11)15(13)14-12;1-11-3-2-7-4-10-5-9(8(7)6-11)15(13)14-12/h2-4,8,14H,5-7,12-13H2,1H3;5-7,14H,2-4,12-13H2,1H3;4-5,7,14H,2-3,6,12-13H2,1H3;3-4,15H,2,5,13-14H2,1H3;2-3,15H,4-5,13-14H2,1H3;2,4,14H,3,5-6,12-13H2,1H3;4-5,14H,2-3,6,12-13H2,1H3. The lowest BCUT2D eigenvalue weighted by Gasteiger charge is -2.27. The van der Waals surface area contributed by atoms with Gasteiger partial charge in [0.2, 0.25) is 11.8 Å². The molecule has 7 aliphatic rings. The quantitative estimate of drug-likeness (QED) is 0.0972. The Hall–Kier alpha value is 5.02. The first-order valence-corrected chi connectivity index (χ1v) is 81.5. The van der Waals surface area contributed by atoms with Crippen LogP contribution in [-0.2, 0) is 100.0 Å². The number of pyridine rings is 6. The molecule has 0 saturated heterocycles. The van der Waals surface area contributed by atoms with Crippen LogP contribution in [0.3, 0.4) is 0 Å². The highest BCUT2D eigenvalue weighted by Gasteiger charge is 2.29. The van der Waals surface area contributed by atoms with Gasteiger partial charge in [0.25, 0.3) is 0 Å². The predicted octanol–water partition coefficient (Wildman–Crippen LogP) is 19.5. The number of carbonyl (C=O) groups is 2. The maximum atomic E-state index is 11.6. The third kappa shape index (κ3) is 28.8. The molecule has 0 fully saturated rings. The first-order valence-electron chi connectivity index (χ1n) is 35.2. The minimum Gasteiger partial charge on any atom is -0.341 e. The second kappa shape index (κ2) is 50.6. The van der Waals surface area contributed by atoms with E-state index < -0.39 is 0 Å². The molecule has 6 aromatic heterocycles. The van der Waals surface area contributed by atoms with Gasteiger partial charge in [-0.25, -0.2) is 0 Å². The number of hydrogen-bond donors (Lipinski definition) is 0. The van der Waals surface area contributed by atoms with Gasteiger partial charge in [-0.1, -0.05) is 94.7 Å². The minimum absolute atomic E-state index is 0.000242. The Morgan fingerprint density at radius 3 is 1.16 bits per heavy atom. The minimum atomic E-state index is -0.263. The highest BCUT2D eigenvalue weighted by Crippen LogP contribution is 2.69. The van der Waals surface area contributed by atoms with Crippen molar-refractivity contribution < 1.29 is 9.59 Å². The molecule has 2 amide bonds. The van der Waals surface area contributed by atoms with E-state index in [1.807, 2.05) is 57.3 Å². The number of amides is 2. The number of nitrogens with zero attached hydrogens (tertiary/aromatic N) is 10. The Morgan fingerprint density at radius 1 is 0.355 bits per heavy atom. The van der Waals surface area contributed by atoms with Gasteiger partial charge in [0.1, 0.15) is 0 Å². The van der Waals surface area contributed by atoms with Crippen LogP contribution in [-0.4, -0.2) is 103 Å². The summed E-state index contributed by atoms with van der Waals surface area (Å²) < 4.78 is 0. The van der Waals surface area contributed by atoms with Gasteiger partial charge in [-0.3, -0.25) is 39.5 Å². The van der Waals surface area contributed by atoms with E-state index >= 15 is 0 Å². The Balaban J connectivity index is 0.000000157. The maximum absolute atomic E-state index is 11.6. The summed E-state index contributed by atoms with van der Waals surface area (Å²) in [5.74, 6) is 2.94. The van der Waals surface area contributed by atoms with Crippen LogP contribution >= 0.6 is 232 Å². The van der Waals surface area contributed by atoms with Crippen LogP contribution in [0.15, 0.2) is 92.2 Å². The fourth-order valence-electron chi connectivity index (χ4n) is 13.6. The molecular weight excluding hydrogens is 1840 g/mol. The lowest BCUT2D eigenvalue weighted by atomic mass is 9.85. The van der Waals surface area contributed by atoms with Crippen LogP contribution in [0, 0.1) is 17.8 Å². The number of likely N-dealkylation sites (N-methyl/N-ethyl adjacent to an activating group) is 4. The lowest BCUT2D eigenvalue weighted by Crippen LogP contribution is -2.35. The van der Waals surface area contributed by atoms with Gasteiger partial charge in [0.15, 0.2) is 0 Å². The summed E-state index contributed by atoms with van der Waals surface area (Å²) in [7, 11) is 54.2. The molecule has 0 saturated carbocycles. The van der Waals surface area contributed by atoms with Crippen LogP contribution in [0.1, 0.15) is 118 Å². The highest BCUT2D eigenvalue weighted by molar-refractivity contribution is 8.66. The van der Waals surface area contributed by atoms with E-state index in [1.165, 1.54) is 142 Å². The molecule has 0 spiro atoms. The van der Waals surface area contributed by atoms with E-state index in [9.17, 15) is 9.59 Å². The van der Waals surface area contributed by atoms with Crippen molar-refractivity contribution in [1.29, 1.82) is 0 Å². The summed E-state index contributed by atoms with van der Waals surface area (Å²) in [5, 5.41) is 5.96. The molecule has 0 bridgehead atoms. The fourth-order valence-corrected chi connectivity index (χ4v) is 39.5. The molecule has 4 aliphatic heterocycles. The average molecular weight is 1960 g/mol. The molecule has 582 valence electrons. The summed E-state index contributed by atoms with van der Waals surface area (Å²) in [6, 6.07) is 13.3. The van der Waals surface area contributed by atoms with Gasteiger partial charge in [-0.2, -0.15) is 0 Å². The molecule has 14 rings (SSSR count). The second-order valence-corrected chi connectivity index (χ2v) is 91.2. The zero-order chi connectivity index (χ0) is 77.6. The molecule has 31 atom stereocenters. The van der Waals surface area contributed by atoms with Gasteiger partial charge in [0, 0.05) is 131 Å². The summed E-state index contributed by atoms with van der Waals surface area (Å²) in [5.41, 5.74) is 24.3. The maximum Gasteiger partial charge on any atom is 0.227 e. The monoisotopic (exact) mass is 1960 g/mol. The largest absolute Gasteiger partial charge is 0.341 e. The zero-order valence-electron chi connectivity index (χ0n) is 62.3. The smallest absolute Gasteiger partial charge is 0.227 e. The van der Waals surface area contributed by atoms with E-state index in [-0.39, 0.29) is 62.9 Å². The van der Waals surface area contributed by atoms with Crippen LogP contribution in [0.4, 0.5) is 0 Å². The summed E-state index contributed by atoms with van der Waals surface area (Å²) in [4.78, 5) is 58.2. The van der Waals surface area contributed by atoms with Gasteiger partial charge in [0.05, 0.1) is 29.1 Å². The fraction of sp³-hybridized carbons (Fsp3) is 0.433. The first kappa shape index (κ1) is 97.5. The molecule has 10 heterocycles. The van der Waals surface area contributed by atoms with Crippen molar-refractivity contribution in [2.45, 2.75) is 130 Å². The predicted molar refractivity (Wildman–Crippen MR) is 556 cm³/mol. The van der Waals surface area contributed by atoms with Crippen molar-refractivity contribution >= 4 is 281 Å². The van der Waals surface area contributed by atoms with Gasteiger partial charge in [-0.15, -0.1) is 125 Å². The molecule has 107 heavy (non-hydrogen) atoms. The number of hydrogen-bond acceptors (Lipinski definition) is 10. The average Bonchev–Trinajstić information content (AvgIpc) is 0.796. The van der Waals surface area contributed by atoms with Crippen molar-refractivity contribution in [3.8, 4) is 0 Å². The third-order valence-electron chi connectivity index (χ3n) is 19.8. The SMILES string of the molecule is CC1CCc2cccc(P(P)PP)c2C1.CC1CCc2ccnc(P(P)PP)c2C1.CC1CCc2cncc(P(P)PP)c2C1.CN1CCc2ccnc(P(P)PP)c2C1.CN1CCc2cncc(P(P)PP)c2C1.CN1Cc2c(ccnc2P(P)PP)CC1=O.CN1Cc2c(cncc2P(P)PP)CC1=O. The van der Waals surface area contributed by atoms with Crippen LogP contribution in [0.2, 0.25) is 0 Å². The van der Waals surface area contributed by atoms with E-state index in [2.05, 4.69) is 248 Å². The van der Waals surface area contributed by atoms with Crippen LogP contribution < -0.4 is 37.5 Å². The third-order valence-corrected chi connectivity index (χ3v) is 89.8. The van der Waals surface area contributed by atoms with Gasteiger partial charge in [-0.05, 0) is 249 Å². The van der Waals surface area contributed by atoms with Crippen molar-refractivity contribution in [2.75, 3.05) is 41.3 Å². The second-order valence-electron chi connectivity index (χ2n) is 27.5. The topological polar surface area (TPSA) is 124 Å². The van der Waals surface area contributed by atoms with Crippen LogP contribution in [0.5, 0.6) is 0 Å². The summed E-state index contributed by atoms with van der Waals surface area (Å²) in [6.07, 6.45) is 32.8. The molecule has 3 aliphatic carbocycles. The van der Waals surface area contributed by atoms with Gasteiger partial charge >= 0.3 is 0 Å². The molecule has 0 radical (unpaired) electrons. The Kier molecular flexibility index (Phi) is 46.1. The Morgan fingerprint density at radius 2 is 0.682 bits per heavy atom. The Labute approximate surface area is 693 Å². The van der Waals surface area contributed by atoms with E-state index in [4.69, 9.17) is 0 Å². The van der Waals surface area contributed by atoms with E-state index in [0.717, 1.165) is 117 Å². The highest BCUT2D eigenvalue weighted by atomic mass is 32.6. The summed E-state index contributed by atoms with van der Waals surface area (Å²) in [6.45, 7) is 13.0. The van der Waals surface area contributed by atoms with Crippen molar-refractivity contribution in [3.05, 3.63) is 170 Å². The number of benzene rings is 1. The number of aryl methyl sites for hydroxylation is 3. The van der Waals surface area contributed by atoms with Crippen molar-refractivity contribution in [2.24, 2.45) is 17.8 Å². The molecular formula is C67H112N10O2P28. The lowest BCUT2D eigenvalue weighted by molar-refractivity contribution is -0.131. The molecule has 12 nitrogen and oxygen atoms in total. The van der Waals surface area contributed by atoms with E-state index in [0.29, 0.717) is 19.4 Å². The van der Waals surface area contributed by atoms with E-state index in [1.54, 1.807) is 42.9 Å². The molecule has 1 aromatic carbocycles. The van der Waals surface area contributed by atoms with Crippen molar-refractivity contribution in [1.82, 2.24) is 49.5 Å². The van der Waals surface area contributed by atoms with Crippen LogP contribution in [0.25, 0.3) is 0 Å². The zero-order valence-corrected chi connectivity index (χ0v) is 91.8. The number of carbonyl (C=O) groups excluding carboxylic acids is 2. The normalized spacial score (nSPS) is 20.5. The van der Waals surface area contributed by atoms with Gasteiger partial charge < -0.3 is 19.6 Å². The number of aromatic nitrogens is 6. The number of fused-ring (bicyclic) bond motifs is 7. The Bertz CT molecular complexity index is 3570. The summed E-state index contributed by atoms with van der Waals surface area (Å²) >= 11 is 0. The molecule has 7 aromatic rings. The van der Waals surface area contributed by atoms with Crippen molar-refractivity contribution in [3.63, 3.8) is 0 Å².